The van der Waals surface area contributed by atoms with Gasteiger partial charge in [-0.2, -0.15) is 0 Å². The summed E-state index contributed by atoms with van der Waals surface area (Å²) >= 11 is 6.22. The molecule has 6 nitrogen and oxygen atoms in total. The van der Waals surface area contributed by atoms with E-state index >= 15 is 0 Å². The van der Waals surface area contributed by atoms with Crippen LogP contribution in [0, 0.1) is 0 Å². The summed E-state index contributed by atoms with van der Waals surface area (Å²) in [5.41, 5.74) is 0.300. The van der Waals surface area contributed by atoms with E-state index in [1.807, 2.05) is 20.8 Å². The van der Waals surface area contributed by atoms with Crippen molar-refractivity contribution in [1.82, 2.24) is 10.6 Å². The molecule has 1 aromatic carbocycles. The molecule has 0 aromatic heterocycles. The molecule has 7 heteroatoms. The van der Waals surface area contributed by atoms with E-state index in [0.29, 0.717) is 23.7 Å². The smallest absolute Gasteiger partial charge is 0.252 e. The van der Waals surface area contributed by atoms with Crippen LogP contribution < -0.4 is 20.1 Å². The van der Waals surface area contributed by atoms with Gasteiger partial charge in [-0.15, -0.1) is 0 Å². The molecule has 0 saturated heterocycles. The lowest BCUT2D eigenvalue weighted by molar-refractivity contribution is -0.123. The average molecular weight is 371 g/mol. The van der Waals surface area contributed by atoms with Crippen molar-refractivity contribution in [3.05, 3.63) is 22.7 Å². The fourth-order valence-corrected chi connectivity index (χ4v) is 2.28. The van der Waals surface area contributed by atoms with E-state index in [9.17, 15) is 9.59 Å². The Morgan fingerprint density at radius 1 is 1.20 bits per heavy atom. The van der Waals surface area contributed by atoms with Gasteiger partial charge in [0, 0.05) is 11.6 Å². The third-order valence-corrected chi connectivity index (χ3v) is 3.96. The highest BCUT2D eigenvalue weighted by Crippen LogP contribution is 2.36. The van der Waals surface area contributed by atoms with Crippen molar-refractivity contribution in [3.8, 4) is 11.5 Å². The Kier molecular flexibility index (Phi) is 8.55. The van der Waals surface area contributed by atoms with Crippen LogP contribution >= 0.6 is 11.6 Å². The highest BCUT2D eigenvalue weighted by molar-refractivity contribution is 6.32. The molecule has 1 rings (SSSR count). The Balaban J connectivity index is 2.87. The van der Waals surface area contributed by atoms with Crippen LogP contribution in [0.15, 0.2) is 12.1 Å². The van der Waals surface area contributed by atoms with Crippen LogP contribution in [0.25, 0.3) is 0 Å². The van der Waals surface area contributed by atoms with E-state index in [0.717, 1.165) is 12.8 Å². The number of benzene rings is 1. The number of ether oxygens (including phenoxy) is 2. The molecule has 0 bridgehead atoms. The zero-order valence-electron chi connectivity index (χ0n) is 15.4. The predicted octanol–water partition coefficient (Wildman–Crippen LogP) is 3.17. The Hall–Kier alpha value is -1.95. The van der Waals surface area contributed by atoms with Crippen molar-refractivity contribution in [2.45, 2.75) is 52.6 Å². The molecule has 0 heterocycles. The van der Waals surface area contributed by atoms with Gasteiger partial charge in [-0.05, 0) is 38.8 Å². The molecule has 2 N–H and O–H groups in total. The Morgan fingerprint density at radius 2 is 1.88 bits per heavy atom. The van der Waals surface area contributed by atoms with Crippen molar-refractivity contribution >= 4 is 23.4 Å². The maximum absolute atomic E-state index is 12.4. The van der Waals surface area contributed by atoms with Crippen LogP contribution in [0.1, 0.15) is 50.9 Å². The summed E-state index contributed by atoms with van der Waals surface area (Å²) in [5.74, 6) is 0.144. The van der Waals surface area contributed by atoms with E-state index in [4.69, 9.17) is 21.1 Å². The standard InChI is InChI=1S/C18H27ClN2O4/c1-6-8-25-16-14(19)9-13(10-15(16)24-5)18(23)21-12(4)17(22)20-11(3)7-2/h9-12H,6-8H2,1-5H3,(H,20,22)(H,21,23). The van der Waals surface area contributed by atoms with Crippen molar-refractivity contribution in [1.29, 1.82) is 0 Å². The number of hydrogen-bond donors (Lipinski definition) is 2. The average Bonchev–Trinajstić information content (AvgIpc) is 2.59. The molecule has 0 spiro atoms. The lowest BCUT2D eigenvalue weighted by Crippen LogP contribution is -2.47. The quantitative estimate of drug-likeness (QED) is 0.700. The molecule has 0 aliphatic rings. The summed E-state index contributed by atoms with van der Waals surface area (Å²) in [6.45, 7) is 7.99. The summed E-state index contributed by atoms with van der Waals surface area (Å²) in [7, 11) is 1.48. The number of rotatable bonds is 9. The zero-order chi connectivity index (χ0) is 19.0. The van der Waals surface area contributed by atoms with Gasteiger partial charge in [0.15, 0.2) is 11.5 Å². The molecule has 0 fully saturated rings. The van der Waals surface area contributed by atoms with Gasteiger partial charge in [-0.3, -0.25) is 9.59 Å². The van der Waals surface area contributed by atoms with Crippen molar-refractivity contribution < 1.29 is 19.1 Å². The zero-order valence-corrected chi connectivity index (χ0v) is 16.2. The summed E-state index contributed by atoms with van der Waals surface area (Å²) in [5, 5.41) is 5.78. The van der Waals surface area contributed by atoms with Gasteiger partial charge in [-0.25, -0.2) is 0 Å². The lowest BCUT2D eigenvalue weighted by atomic mass is 10.1. The fourth-order valence-electron chi connectivity index (χ4n) is 2.01. The number of carbonyl (C=O) groups is 2. The monoisotopic (exact) mass is 370 g/mol. The van der Waals surface area contributed by atoms with E-state index in [2.05, 4.69) is 10.6 Å². The first-order valence-corrected chi connectivity index (χ1v) is 8.83. The van der Waals surface area contributed by atoms with Crippen LogP contribution in [0.4, 0.5) is 0 Å². The van der Waals surface area contributed by atoms with Crippen molar-refractivity contribution in [2.24, 2.45) is 0 Å². The second kappa shape index (κ2) is 10.1. The highest BCUT2D eigenvalue weighted by Gasteiger charge is 2.20. The molecule has 0 aliphatic heterocycles. The Labute approximate surface area is 154 Å². The summed E-state index contributed by atoms with van der Waals surface area (Å²) in [4.78, 5) is 24.5. The fraction of sp³-hybridized carbons (Fsp3) is 0.556. The number of amides is 2. The van der Waals surface area contributed by atoms with Gasteiger partial charge in [0.2, 0.25) is 5.91 Å². The first-order valence-electron chi connectivity index (χ1n) is 8.45. The number of halogens is 1. The van der Waals surface area contributed by atoms with Crippen molar-refractivity contribution in [3.63, 3.8) is 0 Å². The van der Waals surface area contributed by atoms with Gasteiger partial charge in [0.25, 0.3) is 5.91 Å². The Morgan fingerprint density at radius 3 is 2.44 bits per heavy atom. The van der Waals surface area contributed by atoms with Crippen LogP contribution in [0.2, 0.25) is 5.02 Å². The van der Waals surface area contributed by atoms with E-state index in [1.54, 1.807) is 13.0 Å². The summed E-state index contributed by atoms with van der Waals surface area (Å²) in [6, 6.07) is 2.44. The number of carbonyl (C=O) groups excluding carboxylic acids is 2. The van der Waals surface area contributed by atoms with Crippen LogP contribution in [0.3, 0.4) is 0 Å². The molecule has 2 amide bonds. The second-order valence-corrected chi connectivity index (χ2v) is 6.26. The van der Waals surface area contributed by atoms with Crippen LogP contribution in [0.5, 0.6) is 11.5 Å². The number of nitrogens with one attached hydrogen (secondary N) is 2. The van der Waals surface area contributed by atoms with Gasteiger partial charge >= 0.3 is 0 Å². The van der Waals surface area contributed by atoms with Crippen LogP contribution in [-0.4, -0.2) is 37.6 Å². The van der Waals surface area contributed by atoms with Gasteiger partial charge < -0.3 is 20.1 Å². The molecule has 0 radical (unpaired) electrons. The largest absolute Gasteiger partial charge is 0.493 e. The van der Waals surface area contributed by atoms with E-state index < -0.39 is 11.9 Å². The van der Waals surface area contributed by atoms with Gasteiger partial charge in [-0.1, -0.05) is 25.4 Å². The molecule has 25 heavy (non-hydrogen) atoms. The minimum Gasteiger partial charge on any atom is -0.493 e. The summed E-state index contributed by atoms with van der Waals surface area (Å²) < 4.78 is 10.8. The molecule has 140 valence electrons. The topological polar surface area (TPSA) is 76.7 Å². The van der Waals surface area contributed by atoms with Crippen LogP contribution in [-0.2, 0) is 4.79 Å². The Bertz CT molecular complexity index is 607. The maximum atomic E-state index is 12.4. The maximum Gasteiger partial charge on any atom is 0.252 e. The minimum atomic E-state index is -0.665. The molecular formula is C18H27ClN2O4. The molecular weight excluding hydrogens is 344 g/mol. The highest BCUT2D eigenvalue weighted by atomic mass is 35.5. The SMILES string of the molecule is CCCOc1c(Cl)cc(C(=O)NC(C)C(=O)NC(C)CC)cc1OC. The third kappa shape index (κ3) is 6.12. The first kappa shape index (κ1) is 21.1. The normalized spacial score (nSPS) is 12.9. The molecule has 2 atom stereocenters. The first-order chi connectivity index (χ1) is 11.8. The number of hydrogen-bond acceptors (Lipinski definition) is 4. The summed E-state index contributed by atoms with van der Waals surface area (Å²) in [6.07, 6.45) is 1.64. The molecule has 0 saturated carbocycles. The van der Waals surface area contributed by atoms with Crippen molar-refractivity contribution in [2.75, 3.05) is 13.7 Å². The molecule has 2 unspecified atom stereocenters. The van der Waals surface area contributed by atoms with E-state index in [-0.39, 0.29) is 17.0 Å². The van der Waals surface area contributed by atoms with Gasteiger partial charge in [0.1, 0.15) is 6.04 Å². The lowest BCUT2D eigenvalue weighted by Gasteiger charge is -2.18. The van der Waals surface area contributed by atoms with E-state index in [1.165, 1.54) is 13.2 Å². The second-order valence-electron chi connectivity index (χ2n) is 5.85. The molecule has 0 aliphatic carbocycles. The minimum absolute atomic E-state index is 0.0522. The van der Waals surface area contributed by atoms with Gasteiger partial charge in [0.05, 0.1) is 18.7 Å². The third-order valence-electron chi connectivity index (χ3n) is 3.68. The predicted molar refractivity (Wildman–Crippen MR) is 98.6 cm³/mol. The number of methoxy groups -OCH3 is 1. The molecule has 1 aromatic rings.